The van der Waals surface area contributed by atoms with Crippen molar-refractivity contribution in [2.45, 2.75) is 0 Å². The van der Waals surface area contributed by atoms with E-state index in [1.165, 1.54) is 13.3 Å². The Labute approximate surface area is 105 Å². The smallest absolute Gasteiger partial charge is 0.356 e. The Balaban J connectivity index is 2.10. The molecule has 84 valence electrons. The molecule has 0 saturated heterocycles. The third-order valence-corrected chi connectivity index (χ3v) is 2.20. The van der Waals surface area contributed by atoms with Gasteiger partial charge in [-0.25, -0.2) is 14.8 Å². The first-order chi connectivity index (χ1) is 8.19. The second kappa shape index (κ2) is 5.00. The van der Waals surface area contributed by atoms with Gasteiger partial charge >= 0.3 is 5.97 Å². The van der Waals surface area contributed by atoms with Crippen molar-refractivity contribution in [3.05, 3.63) is 30.2 Å². The molecular formula is C10H8AlN3O3. The van der Waals surface area contributed by atoms with Gasteiger partial charge in [0.05, 0.1) is 19.0 Å². The second-order valence-electron chi connectivity index (χ2n) is 3.12. The Kier molecular flexibility index (Phi) is 3.42. The molecule has 0 aliphatic carbocycles. The first-order valence-electron chi connectivity index (χ1n) is 4.72. The van der Waals surface area contributed by atoms with E-state index in [9.17, 15) is 4.79 Å². The van der Waals surface area contributed by atoms with Crippen molar-refractivity contribution in [2.24, 2.45) is 0 Å². The molecule has 2 aromatic rings. The molecule has 7 heteroatoms. The third kappa shape index (κ3) is 2.84. The maximum Gasteiger partial charge on any atom is 0.356 e. The molecule has 2 radical (unpaired) electrons. The summed E-state index contributed by atoms with van der Waals surface area (Å²) in [7, 11) is 1.31. The van der Waals surface area contributed by atoms with Crippen LogP contribution in [0.3, 0.4) is 0 Å². The molecule has 0 spiro atoms. The van der Waals surface area contributed by atoms with E-state index in [1.54, 1.807) is 18.3 Å². The zero-order valence-electron chi connectivity index (χ0n) is 9.01. The van der Waals surface area contributed by atoms with Crippen molar-refractivity contribution in [1.82, 2.24) is 9.97 Å². The maximum absolute atomic E-state index is 11.1. The van der Waals surface area contributed by atoms with Crippen molar-refractivity contribution >= 4 is 38.6 Å². The molecule has 0 atom stereocenters. The molecule has 0 aliphatic rings. The Bertz CT molecular complexity index is 524. The number of esters is 1. The molecule has 0 saturated carbocycles. The normalized spacial score (nSPS) is 9.94. The number of carbonyl (C=O) groups is 1. The van der Waals surface area contributed by atoms with E-state index in [4.69, 9.17) is 4.42 Å². The SMILES string of the molecule is COC(=O)c1ccc(Nc2nc[c]([Al])o2)cn1. The Morgan fingerprint density at radius 3 is 2.76 bits per heavy atom. The van der Waals surface area contributed by atoms with E-state index in [-0.39, 0.29) is 5.69 Å². The van der Waals surface area contributed by atoms with Crippen molar-refractivity contribution in [3.8, 4) is 0 Å². The number of aromatic nitrogens is 2. The van der Waals surface area contributed by atoms with Gasteiger partial charge in [-0.3, -0.25) is 0 Å². The topological polar surface area (TPSA) is 77.2 Å². The molecule has 0 fully saturated rings. The van der Waals surface area contributed by atoms with Gasteiger partial charge in [0.1, 0.15) is 5.69 Å². The van der Waals surface area contributed by atoms with Crippen LogP contribution in [-0.4, -0.2) is 39.3 Å². The van der Waals surface area contributed by atoms with E-state index in [0.717, 1.165) is 0 Å². The largest absolute Gasteiger partial charge is 0.464 e. The number of methoxy groups -OCH3 is 1. The van der Waals surface area contributed by atoms with E-state index in [0.29, 0.717) is 16.3 Å². The lowest BCUT2D eigenvalue weighted by molar-refractivity contribution is 0.0594. The fourth-order valence-corrected chi connectivity index (χ4v) is 1.35. The van der Waals surface area contributed by atoms with Gasteiger partial charge in [-0.2, -0.15) is 0 Å². The van der Waals surface area contributed by atoms with Gasteiger partial charge in [0.15, 0.2) is 0 Å². The molecule has 0 bridgehead atoms. The van der Waals surface area contributed by atoms with Crippen LogP contribution in [0.25, 0.3) is 0 Å². The van der Waals surface area contributed by atoms with Crippen LogP contribution in [0.2, 0.25) is 0 Å². The summed E-state index contributed by atoms with van der Waals surface area (Å²) >= 11 is 2.40. The van der Waals surface area contributed by atoms with Gasteiger partial charge in [-0.1, -0.05) is 0 Å². The molecular weight excluding hydrogens is 237 g/mol. The van der Waals surface area contributed by atoms with Gasteiger partial charge in [0.2, 0.25) is 16.3 Å². The zero-order chi connectivity index (χ0) is 12.3. The summed E-state index contributed by atoms with van der Waals surface area (Å²) in [5.41, 5.74) is 0.918. The molecule has 6 nitrogen and oxygen atoms in total. The number of ether oxygens (including phenoxy) is 1. The van der Waals surface area contributed by atoms with Crippen LogP contribution in [0, 0.1) is 0 Å². The zero-order valence-corrected chi connectivity index (χ0v) is 10.2. The first kappa shape index (κ1) is 11.6. The average Bonchev–Trinajstić information content (AvgIpc) is 2.75. The standard InChI is InChI=1S/C10H8N3O3.Al/c1-15-9(14)8-3-2-7(6-12-8)13-10-11-4-5-16-10;/h2-4,6H,1H3,(H,11,13);. The van der Waals surface area contributed by atoms with Crippen molar-refractivity contribution in [1.29, 1.82) is 0 Å². The molecule has 2 rings (SSSR count). The number of hydrogen-bond acceptors (Lipinski definition) is 6. The number of hydrogen-bond donors (Lipinski definition) is 1. The number of anilines is 2. The van der Waals surface area contributed by atoms with Crippen molar-refractivity contribution in [3.63, 3.8) is 0 Å². The monoisotopic (exact) mass is 245 g/mol. The lowest BCUT2D eigenvalue weighted by atomic mass is 10.3. The van der Waals surface area contributed by atoms with Crippen LogP contribution in [0.1, 0.15) is 10.5 Å². The summed E-state index contributed by atoms with van der Waals surface area (Å²) in [6.07, 6.45) is 3.07. The number of nitrogens with one attached hydrogen (secondary N) is 1. The summed E-state index contributed by atoms with van der Waals surface area (Å²) in [6, 6.07) is 3.60. The summed E-state index contributed by atoms with van der Waals surface area (Å²) in [5.74, 6) is -0.472. The Hall–Kier alpha value is -1.84. The van der Waals surface area contributed by atoms with Gasteiger partial charge in [0.25, 0.3) is 6.01 Å². The number of pyridine rings is 1. The van der Waals surface area contributed by atoms with E-state index >= 15 is 0 Å². The van der Waals surface area contributed by atoms with Crippen molar-refractivity contribution in [2.75, 3.05) is 12.4 Å². The molecule has 0 aromatic carbocycles. The van der Waals surface area contributed by atoms with E-state index in [1.807, 2.05) is 0 Å². The molecule has 0 amide bonds. The predicted molar refractivity (Wildman–Crippen MR) is 60.8 cm³/mol. The highest BCUT2D eigenvalue weighted by Gasteiger charge is 2.07. The average molecular weight is 245 g/mol. The first-order valence-corrected chi connectivity index (χ1v) is 5.29. The molecule has 0 aliphatic heterocycles. The van der Waals surface area contributed by atoms with Crippen molar-refractivity contribution < 1.29 is 13.9 Å². The Morgan fingerprint density at radius 2 is 2.24 bits per heavy atom. The van der Waals surface area contributed by atoms with E-state index in [2.05, 4.69) is 36.3 Å². The third-order valence-electron chi connectivity index (χ3n) is 1.93. The molecule has 0 unspecified atom stereocenters. The van der Waals surface area contributed by atoms with Crippen LogP contribution >= 0.6 is 0 Å². The molecule has 2 aromatic heterocycles. The van der Waals surface area contributed by atoms with Gasteiger partial charge in [-0.05, 0) is 12.1 Å². The second-order valence-corrected chi connectivity index (χ2v) is 3.69. The van der Waals surface area contributed by atoms with Gasteiger partial charge in [-0.15, -0.1) is 0 Å². The number of nitrogens with zero attached hydrogens (tertiary/aromatic N) is 2. The number of rotatable bonds is 3. The fraction of sp³-hybridized carbons (Fsp3) is 0.100. The maximum atomic E-state index is 11.1. The molecule has 17 heavy (non-hydrogen) atoms. The summed E-state index contributed by atoms with van der Waals surface area (Å²) < 4.78 is 10.4. The predicted octanol–water partition coefficient (Wildman–Crippen LogP) is 0.394. The number of carbonyl (C=O) groups excluding carboxylic acids is 1. The van der Waals surface area contributed by atoms with Crippen LogP contribution in [0.15, 0.2) is 28.9 Å². The highest BCUT2D eigenvalue weighted by molar-refractivity contribution is 6.29. The lowest BCUT2D eigenvalue weighted by Crippen LogP contribution is -2.04. The Morgan fingerprint density at radius 1 is 1.41 bits per heavy atom. The quantitative estimate of drug-likeness (QED) is 0.622. The fourth-order valence-electron chi connectivity index (χ4n) is 1.16. The van der Waals surface area contributed by atoms with Crippen LogP contribution in [0.5, 0.6) is 0 Å². The van der Waals surface area contributed by atoms with Crippen LogP contribution in [-0.2, 0) is 4.74 Å². The van der Waals surface area contributed by atoms with Gasteiger partial charge in [0, 0.05) is 10.8 Å². The highest BCUT2D eigenvalue weighted by Crippen LogP contribution is 2.12. The molecule has 1 N–H and O–H groups in total. The lowest BCUT2D eigenvalue weighted by Gasteiger charge is -2.02. The number of oxazole rings is 1. The summed E-state index contributed by atoms with van der Waals surface area (Å²) in [5, 5.41) is 2.90. The van der Waals surface area contributed by atoms with Crippen LogP contribution < -0.4 is 9.94 Å². The summed E-state index contributed by atoms with van der Waals surface area (Å²) in [6.45, 7) is 0. The van der Waals surface area contributed by atoms with E-state index < -0.39 is 5.97 Å². The molecule has 2 heterocycles. The minimum absolute atomic E-state index is 0.247. The highest BCUT2D eigenvalue weighted by atomic mass is 27.0. The minimum atomic E-state index is -0.472. The van der Waals surface area contributed by atoms with Crippen LogP contribution in [0.4, 0.5) is 11.7 Å². The minimum Gasteiger partial charge on any atom is -0.464 e. The van der Waals surface area contributed by atoms with Gasteiger partial charge < -0.3 is 14.5 Å². The summed E-state index contributed by atoms with van der Waals surface area (Å²) in [4.78, 5) is 19.1.